The summed E-state index contributed by atoms with van der Waals surface area (Å²) >= 11 is 0. The summed E-state index contributed by atoms with van der Waals surface area (Å²) in [6.07, 6.45) is -0.118. The summed E-state index contributed by atoms with van der Waals surface area (Å²) in [5, 5.41) is 3.26. The van der Waals surface area contributed by atoms with Gasteiger partial charge in [0.05, 0.1) is 25.9 Å². The standard InChI is InChI=1S/C16H22N2O3/c1-12-15(17-7-9-20-12)16(19)18-8-10-21-14(11-18)13-5-3-2-4-6-13/h2-6,12,14-15,17H,7-11H2,1H3/t12-,14?,15+/m1/s1. The molecule has 5 heteroatoms. The third-order valence-corrected chi connectivity index (χ3v) is 4.13. The van der Waals surface area contributed by atoms with Crippen LogP contribution in [0.2, 0.25) is 0 Å². The first kappa shape index (κ1) is 14.5. The molecule has 2 heterocycles. The van der Waals surface area contributed by atoms with E-state index in [1.807, 2.05) is 42.2 Å². The SMILES string of the molecule is C[C@H]1OCCN[C@@H]1C(=O)N1CCOC(c2ccccc2)C1. The highest BCUT2D eigenvalue weighted by molar-refractivity contribution is 5.82. The maximum Gasteiger partial charge on any atom is 0.242 e. The summed E-state index contributed by atoms with van der Waals surface area (Å²) in [4.78, 5) is 14.6. The third kappa shape index (κ3) is 3.26. The highest BCUT2D eigenvalue weighted by Gasteiger charge is 2.34. The van der Waals surface area contributed by atoms with E-state index in [2.05, 4.69) is 5.32 Å². The number of hydrogen-bond acceptors (Lipinski definition) is 4. The highest BCUT2D eigenvalue weighted by Crippen LogP contribution is 2.23. The van der Waals surface area contributed by atoms with Crippen molar-refractivity contribution in [1.82, 2.24) is 10.2 Å². The number of amides is 1. The molecule has 21 heavy (non-hydrogen) atoms. The van der Waals surface area contributed by atoms with E-state index in [0.717, 1.165) is 12.1 Å². The van der Waals surface area contributed by atoms with Gasteiger partial charge in [0.15, 0.2) is 0 Å². The van der Waals surface area contributed by atoms with Crippen LogP contribution in [0, 0.1) is 0 Å². The lowest BCUT2D eigenvalue weighted by Crippen LogP contribution is -2.58. The molecule has 114 valence electrons. The summed E-state index contributed by atoms with van der Waals surface area (Å²) in [6.45, 7) is 5.17. The molecule has 0 bridgehead atoms. The van der Waals surface area contributed by atoms with Gasteiger partial charge in [0, 0.05) is 13.1 Å². The fraction of sp³-hybridized carbons (Fsp3) is 0.562. The summed E-state index contributed by atoms with van der Waals surface area (Å²) in [6, 6.07) is 9.83. The van der Waals surface area contributed by atoms with Gasteiger partial charge in [-0.15, -0.1) is 0 Å². The molecule has 0 spiro atoms. The van der Waals surface area contributed by atoms with Gasteiger partial charge in [0.25, 0.3) is 0 Å². The topological polar surface area (TPSA) is 50.8 Å². The number of nitrogens with one attached hydrogen (secondary N) is 1. The number of morpholine rings is 2. The van der Waals surface area contributed by atoms with Crippen molar-refractivity contribution in [3.05, 3.63) is 35.9 Å². The zero-order chi connectivity index (χ0) is 14.7. The lowest BCUT2D eigenvalue weighted by molar-refractivity contribution is -0.147. The minimum atomic E-state index is -0.242. The molecule has 1 aromatic rings. The summed E-state index contributed by atoms with van der Waals surface area (Å²) in [5.41, 5.74) is 1.12. The van der Waals surface area contributed by atoms with E-state index in [1.165, 1.54) is 0 Å². The molecular weight excluding hydrogens is 268 g/mol. The lowest BCUT2D eigenvalue weighted by Gasteiger charge is -2.38. The molecule has 2 aliphatic rings. The van der Waals surface area contributed by atoms with Gasteiger partial charge in [-0.2, -0.15) is 0 Å². The van der Waals surface area contributed by atoms with Crippen molar-refractivity contribution in [3.8, 4) is 0 Å². The van der Waals surface area contributed by atoms with Gasteiger partial charge >= 0.3 is 0 Å². The van der Waals surface area contributed by atoms with Crippen molar-refractivity contribution >= 4 is 5.91 Å². The maximum absolute atomic E-state index is 12.7. The number of hydrogen-bond donors (Lipinski definition) is 1. The van der Waals surface area contributed by atoms with E-state index >= 15 is 0 Å². The van der Waals surface area contributed by atoms with Crippen LogP contribution in [-0.2, 0) is 14.3 Å². The van der Waals surface area contributed by atoms with Gasteiger partial charge in [-0.25, -0.2) is 0 Å². The Bertz CT molecular complexity index is 480. The van der Waals surface area contributed by atoms with Crippen molar-refractivity contribution in [2.75, 3.05) is 32.8 Å². The highest BCUT2D eigenvalue weighted by atomic mass is 16.5. The van der Waals surface area contributed by atoms with Gasteiger partial charge in [-0.1, -0.05) is 30.3 Å². The van der Waals surface area contributed by atoms with E-state index < -0.39 is 0 Å². The Hall–Kier alpha value is -1.43. The van der Waals surface area contributed by atoms with Gasteiger partial charge in [-0.05, 0) is 12.5 Å². The van der Waals surface area contributed by atoms with Crippen molar-refractivity contribution in [1.29, 1.82) is 0 Å². The van der Waals surface area contributed by atoms with Gasteiger partial charge in [0.2, 0.25) is 5.91 Å². The molecule has 0 saturated carbocycles. The summed E-state index contributed by atoms with van der Waals surface area (Å²) in [7, 11) is 0. The predicted octanol–water partition coefficient (Wildman–Crippen LogP) is 0.963. The number of ether oxygens (including phenoxy) is 2. The molecule has 0 aromatic heterocycles. The number of carbonyl (C=O) groups is 1. The fourth-order valence-corrected chi connectivity index (χ4v) is 2.93. The molecule has 2 aliphatic heterocycles. The van der Waals surface area contributed by atoms with Crippen LogP contribution in [0.15, 0.2) is 30.3 Å². The van der Waals surface area contributed by atoms with Crippen molar-refractivity contribution in [2.24, 2.45) is 0 Å². The largest absolute Gasteiger partial charge is 0.375 e. The van der Waals surface area contributed by atoms with Gasteiger partial charge in [0.1, 0.15) is 12.1 Å². The molecular formula is C16H22N2O3. The Labute approximate surface area is 125 Å². The third-order valence-electron chi connectivity index (χ3n) is 4.13. The van der Waals surface area contributed by atoms with E-state index in [9.17, 15) is 4.79 Å². The molecule has 1 unspecified atom stereocenters. The normalized spacial score (nSPS) is 30.1. The van der Waals surface area contributed by atoms with Crippen LogP contribution in [0.1, 0.15) is 18.6 Å². The van der Waals surface area contributed by atoms with Crippen LogP contribution >= 0.6 is 0 Å². The molecule has 0 radical (unpaired) electrons. The van der Waals surface area contributed by atoms with Gasteiger partial charge < -0.3 is 19.7 Å². The molecule has 1 N–H and O–H groups in total. The molecule has 3 atom stereocenters. The molecule has 2 fully saturated rings. The second kappa shape index (κ2) is 6.56. The first-order chi connectivity index (χ1) is 10.3. The molecule has 1 aromatic carbocycles. The Morgan fingerprint density at radius 1 is 1.24 bits per heavy atom. The molecule has 0 aliphatic carbocycles. The average Bonchev–Trinajstić information content (AvgIpc) is 2.56. The monoisotopic (exact) mass is 290 g/mol. The zero-order valence-electron chi connectivity index (χ0n) is 12.3. The molecule has 3 rings (SSSR count). The van der Waals surface area contributed by atoms with Crippen molar-refractivity contribution in [3.63, 3.8) is 0 Å². The first-order valence-corrected chi connectivity index (χ1v) is 7.56. The summed E-state index contributed by atoms with van der Waals surface area (Å²) in [5.74, 6) is 0.117. The number of nitrogens with zero attached hydrogens (tertiary/aromatic N) is 1. The molecule has 2 saturated heterocycles. The Balaban J connectivity index is 1.67. The van der Waals surface area contributed by atoms with Crippen LogP contribution in [0.25, 0.3) is 0 Å². The Morgan fingerprint density at radius 3 is 2.81 bits per heavy atom. The van der Waals surface area contributed by atoms with Crippen LogP contribution in [0.3, 0.4) is 0 Å². The van der Waals surface area contributed by atoms with Crippen molar-refractivity contribution < 1.29 is 14.3 Å². The first-order valence-electron chi connectivity index (χ1n) is 7.56. The van der Waals surface area contributed by atoms with Crippen LogP contribution in [-0.4, -0.2) is 55.8 Å². The lowest BCUT2D eigenvalue weighted by atomic mass is 10.1. The fourth-order valence-electron chi connectivity index (χ4n) is 2.93. The Morgan fingerprint density at radius 2 is 2.05 bits per heavy atom. The van der Waals surface area contributed by atoms with Gasteiger partial charge in [-0.3, -0.25) is 4.79 Å². The number of rotatable bonds is 2. The minimum Gasteiger partial charge on any atom is -0.375 e. The quantitative estimate of drug-likeness (QED) is 0.881. The number of carbonyl (C=O) groups excluding carboxylic acids is 1. The van der Waals surface area contributed by atoms with Crippen LogP contribution < -0.4 is 5.32 Å². The maximum atomic E-state index is 12.7. The van der Waals surface area contributed by atoms with E-state index in [0.29, 0.717) is 26.3 Å². The van der Waals surface area contributed by atoms with Crippen LogP contribution in [0.5, 0.6) is 0 Å². The smallest absolute Gasteiger partial charge is 0.242 e. The average molecular weight is 290 g/mol. The summed E-state index contributed by atoms with van der Waals surface area (Å²) < 4.78 is 11.4. The Kier molecular flexibility index (Phi) is 4.53. The predicted molar refractivity (Wildman–Crippen MR) is 78.9 cm³/mol. The second-order valence-corrected chi connectivity index (χ2v) is 5.56. The minimum absolute atomic E-state index is 0.0382. The van der Waals surface area contributed by atoms with Crippen molar-refractivity contribution in [2.45, 2.75) is 25.2 Å². The van der Waals surface area contributed by atoms with E-state index in [4.69, 9.17) is 9.47 Å². The number of benzene rings is 1. The molecule has 5 nitrogen and oxygen atoms in total. The van der Waals surface area contributed by atoms with Crippen LogP contribution in [0.4, 0.5) is 0 Å². The molecule has 1 amide bonds. The second-order valence-electron chi connectivity index (χ2n) is 5.56. The zero-order valence-corrected chi connectivity index (χ0v) is 12.3. The van der Waals surface area contributed by atoms with E-state index in [1.54, 1.807) is 0 Å². The van der Waals surface area contributed by atoms with E-state index in [-0.39, 0.29) is 24.2 Å².